The van der Waals surface area contributed by atoms with Gasteiger partial charge in [-0.25, -0.2) is 14.8 Å². The number of aromatic nitrogens is 1. The highest BCUT2D eigenvalue weighted by molar-refractivity contribution is 6.11. The first-order valence-corrected chi connectivity index (χ1v) is 9.74. The van der Waals surface area contributed by atoms with Crippen LogP contribution in [0.15, 0.2) is 70.5 Å². The van der Waals surface area contributed by atoms with Crippen LogP contribution >= 0.6 is 0 Å². The summed E-state index contributed by atoms with van der Waals surface area (Å²) in [5.74, 6) is -0.00497. The number of guanidine groups is 1. The molecule has 2 aromatic rings. The second-order valence-corrected chi connectivity index (χ2v) is 7.08. The normalized spacial score (nSPS) is 18.7. The van der Waals surface area contributed by atoms with E-state index in [0.717, 1.165) is 12.1 Å². The lowest BCUT2D eigenvalue weighted by molar-refractivity contribution is -0.137. The molecule has 11 heteroatoms. The van der Waals surface area contributed by atoms with Gasteiger partial charge in [0, 0.05) is 44.1 Å². The number of pyridine rings is 1. The first-order valence-electron chi connectivity index (χ1n) is 9.74. The lowest BCUT2D eigenvalue weighted by atomic mass is 10.1. The minimum Gasteiger partial charge on any atom is -0.402 e. The lowest BCUT2D eigenvalue weighted by Crippen LogP contribution is -2.49. The van der Waals surface area contributed by atoms with Crippen LogP contribution < -0.4 is 5.73 Å². The highest BCUT2D eigenvalue weighted by Crippen LogP contribution is 2.30. The van der Waals surface area contributed by atoms with Gasteiger partial charge < -0.3 is 20.3 Å². The molecule has 0 radical (unpaired) electrons. The molecular formula is C21H19F3N6O2. The highest BCUT2D eigenvalue weighted by Gasteiger charge is 2.32. The molecule has 1 aromatic heterocycles. The average molecular weight is 444 g/mol. The van der Waals surface area contributed by atoms with E-state index < -0.39 is 17.7 Å². The lowest BCUT2D eigenvalue weighted by Gasteiger charge is -2.34. The van der Waals surface area contributed by atoms with Crippen LogP contribution in [-0.4, -0.2) is 58.8 Å². The Kier molecular flexibility index (Phi) is 5.80. The van der Waals surface area contributed by atoms with Gasteiger partial charge in [-0.15, -0.1) is 0 Å². The van der Waals surface area contributed by atoms with E-state index >= 15 is 0 Å². The van der Waals surface area contributed by atoms with Crippen LogP contribution in [0.4, 0.5) is 19.0 Å². The number of rotatable bonds is 3. The van der Waals surface area contributed by atoms with Crippen LogP contribution in [0.3, 0.4) is 0 Å². The number of carbonyl (C=O) groups excluding carboxylic acids is 1. The van der Waals surface area contributed by atoms with Gasteiger partial charge in [-0.1, -0.05) is 12.1 Å². The van der Waals surface area contributed by atoms with E-state index in [1.807, 2.05) is 15.9 Å². The van der Waals surface area contributed by atoms with Gasteiger partial charge in [-0.3, -0.25) is 0 Å². The standard InChI is InChI=1S/C21H19F3N6O2/c22-21(23,24)15-5-3-4-14(12-15)18-27-16(19(31)32-18)13-29-8-10-30(11-9-29)20(25)28-17-6-1-2-7-26-17/h1-7,12-13H,8-11H2,(H2,25,26,28). The van der Waals surface area contributed by atoms with Crippen molar-refractivity contribution in [3.05, 3.63) is 71.7 Å². The van der Waals surface area contributed by atoms with Crippen molar-refractivity contribution in [2.45, 2.75) is 6.18 Å². The molecule has 1 fully saturated rings. The molecule has 0 aliphatic carbocycles. The number of hydrogen-bond acceptors (Lipinski definition) is 6. The third-order valence-electron chi connectivity index (χ3n) is 4.88. The molecule has 0 amide bonds. The van der Waals surface area contributed by atoms with Crippen LogP contribution in [0.2, 0.25) is 0 Å². The van der Waals surface area contributed by atoms with E-state index in [0.29, 0.717) is 38.0 Å². The van der Waals surface area contributed by atoms with Crippen LogP contribution in [0, 0.1) is 0 Å². The molecule has 4 rings (SSSR count). The Labute approximate surface area is 181 Å². The number of esters is 1. The molecule has 3 heterocycles. The predicted octanol–water partition coefficient (Wildman–Crippen LogP) is 2.51. The average Bonchev–Trinajstić information content (AvgIpc) is 3.14. The second kappa shape index (κ2) is 8.69. The van der Waals surface area contributed by atoms with Gasteiger partial charge in [0.1, 0.15) is 0 Å². The predicted molar refractivity (Wildman–Crippen MR) is 111 cm³/mol. The number of nitrogens with two attached hydrogens (primary N) is 1. The van der Waals surface area contributed by atoms with Crippen molar-refractivity contribution in [2.75, 3.05) is 26.2 Å². The van der Waals surface area contributed by atoms with E-state index in [9.17, 15) is 18.0 Å². The SMILES string of the molecule is N/C(=N\c1ccccn1)N1CCN(C=C2N=C(c3cccc(C(F)(F)F)c3)OC2=O)CC1. The second-order valence-electron chi connectivity index (χ2n) is 7.08. The van der Waals surface area contributed by atoms with Crippen molar-refractivity contribution in [1.82, 2.24) is 14.8 Å². The number of alkyl halides is 3. The van der Waals surface area contributed by atoms with Gasteiger partial charge in [-0.2, -0.15) is 18.2 Å². The van der Waals surface area contributed by atoms with Crippen molar-refractivity contribution in [3.63, 3.8) is 0 Å². The Morgan fingerprint density at radius 3 is 2.59 bits per heavy atom. The van der Waals surface area contributed by atoms with Crippen LogP contribution in [0.5, 0.6) is 0 Å². The summed E-state index contributed by atoms with van der Waals surface area (Å²) >= 11 is 0. The Morgan fingerprint density at radius 1 is 1.12 bits per heavy atom. The van der Waals surface area contributed by atoms with Gasteiger partial charge in [-0.05, 0) is 30.3 Å². The zero-order valence-electron chi connectivity index (χ0n) is 16.8. The molecule has 0 atom stereocenters. The van der Waals surface area contributed by atoms with E-state index in [4.69, 9.17) is 10.5 Å². The molecule has 8 nitrogen and oxygen atoms in total. The number of hydrogen-bond donors (Lipinski definition) is 1. The Bertz CT molecular complexity index is 1090. The van der Waals surface area contributed by atoms with Crippen molar-refractivity contribution in [1.29, 1.82) is 0 Å². The molecule has 0 saturated carbocycles. The molecule has 2 aliphatic heterocycles. The fourth-order valence-electron chi connectivity index (χ4n) is 3.21. The maximum atomic E-state index is 12.9. The largest absolute Gasteiger partial charge is 0.416 e. The minimum atomic E-state index is -4.50. The van der Waals surface area contributed by atoms with Crippen molar-refractivity contribution in [2.24, 2.45) is 15.7 Å². The topological polar surface area (TPSA) is 96.4 Å². The van der Waals surface area contributed by atoms with Crippen LogP contribution in [-0.2, 0) is 15.7 Å². The third kappa shape index (κ3) is 4.88. The number of halogens is 3. The number of nitrogens with zero attached hydrogens (tertiary/aromatic N) is 5. The van der Waals surface area contributed by atoms with Crippen molar-refractivity contribution >= 4 is 23.6 Å². The van der Waals surface area contributed by atoms with Gasteiger partial charge in [0.05, 0.1) is 5.56 Å². The Balaban J connectivity index is 1.42. The molecular weight excluding hydrogens is 425 g/mol. The number of benzene rings is 1. The highest BCUT2D eigenvalue weighted by atomic mass is 19.4. The molecule has 0 unspecified atom stereocenters. The number of cyclic esters (lactones) is 1. The fraction of sp³-hybridized carbons (Fsp3) is 0.238. The smallest absolute Gasteiger partial charge is 0.402 e. The summed E-state index contributed by atoms with van der Waals surface area (Å²) in [6.07, 6.45) is -1.32. The molecule has 166 valence electrons. The van der Waals surface area contributed by atoms with Crippen LogP contribution in [0.1, 0.15) is 11.1 Å². The zero-order valence-corrected chi connectivity index (χ0v) is 16.8. The molecule has 0 spiro atoms. The quantitative estimate of drug-likeness (QED) is 0.338. The summed E-state index contributed by atoms with van der Waals surface area (Å²) in [5.41, 5.74) is 5.33. The summed E-state index contributed by atoms with van der Waals surface area (Å²) in [7, 11) is 0. The Hall–Kier alpha value is -3.89. The van der Waals surface area contributed by atoms with E-state index in [1.165, 1.54) is 12.1 Å². The van der Waals surface area contributed by atoms with E-state index in [-0.39, 0.29) is 17.2 Å². The molecule has 1 aromatic carbocycles. The van der Waals surface area contributed by atoms with Crippen molar-refractivity contribution in [3.8, 4) is 0 Å². The monoisotopic (exact) mass is 444 g/mol. The molecule has 2 aliphatic rings. The molecule has 1 saturated heterocycles. The summed E-state index contributed by atoms with van der Waals surface area (Å²) in [5, 5.41) is 0. The first kappa shape index (κ1) is 21.3. The number of aliphatic imine (C=N–C) groups is 2. The summed E-state index contributed by atoms with van der Waals surface area (Å²) < 4.78 is 43.9. The van der Waals surface area contributed by atoms with Gasteiger partial charge in [0.15, 0.2) is 17.5 Å². The molecule has 32 heavy (non-hydrogen) atoms. The van der Waals surface area contributed by atoms with Gasteiger partial charge >= 0.3 is 12.1 Å². The Morgan fingerprint density at radius 2 is 1.91 bits per heavy atom. The fourth-order valence-corrected chi connectivity index (χ4v) is 3.21. The van der Waals surface area contributed by atoms with E-state index in [1.54, 1.807) is 24.5 Å². The number of piperazine rings is 1. The zero-order chi connectivity index (χ0) is 22.7. The van der Waals surface area contributed by atoms with E-state index in [2.05, 4.69) is 15.0 Å². The third-order valence-corrected chi connectivity index (χ3v) is 4.88. The van der Waals surface area contributed by atoms with Gasteiger partial charge in [0.25, 0.3) is 0 Å². The summed E-state index contributed by atoms with van der Waals surface area (Å²) in [6, 6.07) is 9.85. The molecule has 0 bridgehead atoms. The summed E-state index contributed by atoms with van der Waals surface area (Å²) in [4.78, 5) is 28.4. The maximum Gasteiger partial charge on any atom is 0.416 e. The number of ether oxygens (including phenoxy) is 1. The van der Waals surface area contributed by atoms with Crippen molar-refractivity contribution < 1.29 is 22.7 Å². The summed E-state index contributed by atoms with van der Waals surface area (Å²) in [6.45, 7) is 2.21. The number of carbonyl (C=O) groups is 1. The maximum absolute atomic E-state index is 12.9. The molecule has 2 N–H and O–H groups in total. The first-order chi connectivity index (χ1) is 15.3. The van der Waals surface area contributed by atoms with Gasteiger partial charge in [0.2, 0.25) is 5.90 Å². The van der Waals surface area contributed by atoms with Crippen LogP contribution in [0.25, 0.3) is 0 Å². The minimum absolute atomic E-state index is 0.0287.